The van der Waals surface area contributed by atoms with Crippen LogP contribution in [0.3, 0.4) is 0 Å². The quantitative estimate of drug-likeness (QED) is 0.0262. The Bertz CT molecular complexity index is 1040. The molecule has 1 unspecified atom stereocenters. The van der Waals surface area contributed by atoms with Gasteiger partial charge in [0.25, 0.3) is 0 Å². The van der Waals surface area contributed by atoms with Crippen LogP contribution in [0.4, 0.5) is 0 Å². The topological polar surface area (TPSA) is 78.9 Å². The van der Waals surface area contributed by atoms with Crippen molar-refractivity contribution in [2.75, 3.05) is 13.2 Å². The van der Waals surface area contributed by atoms with Gasteiger partial charge in [0.15, 0.2) is 6.10 Å². The predicted octanol–water partition coefficient (Wildman–Crippen LogP) is 20.1. The summed E-state index contributed by atoms with van der Waals surface area (Å²) in [4.78, 5) is 38.1. The molecular weight excluding hydrogens is 829 g/mol. The maximum atomic E-state index is 12.8. The van der Waals surface area contributed by atoms with Crippen LogP contribution in [0.25, 0.3) is 0 Å². The van der Waals surface area contributed by atoms with E-state index in [1.54, 1.807) is 0 Å². The number of hydrogen-bond donors (Lipinski definition) is 0. The smallest absolute Gasteiger partial charge is 0.306 e. The van der Waals surface area contributed by atoms with E-state index in [4.69, 9.17) is 14.2 Å². The highest BCUT2D eigenvalue weighted by molar-refractivity contribution is 5.71. The second-order valence-electron chi connectivity index (χ2n) is 20.6. The van der Waals surface area contributed by atoms with Gasteiger partial charge < -0.3 is 14.2 Å². The Morgan fingerprint density at radius 2 is 0.493 bits per heavy atom. The molecule has 0 aliphatic rings. The summed E-state index contributed by atoms with van der Waals surface area (Å²) >= 11 is 0. The van der Waals surface area contributed by atoms with Gasteiger partial charge in [-0.05, 0) is 44.9 Å². The molecule has 0 aromatic rings. The first-order valence-electron chi connectivity index (χ1n) is 30.2. The molecule has 0 saturated carbocycles. The summed E-state index contributed by atoms with van der Waals surface area (Å²) in [5, 5.41) is 0. The first-order valence-corrected chi connectivity index (χ1v) is 30.2. The van der Waals surface area contributed by atoms with Crippen LogP contribution in [0.2, 0.25) is 0 Å². The zero-order valence-electron chi connectivity index (χ0n) is 45.5. The highest BCUT2D eigenvalue weighted by Gasteiger charge is 2.19. The number of hydrogen-bond acceptors (Lipinski definition) is 6. The first-order chi connectivity index (χ1) is 33.0. The van der Waals surface area contributed by atoms with Crippen LogP contribution in [0.5, 0.6) is 0 Å². The van der Waals surface area contributed by atoms with Crippen molar-refractivity contribution in [1.29, 1.82) is 0 Å². The van der Waals surface area contributed by atoms with Crippen molar-refractivity contribution in [2.24, 2.45) is 0 Å². The second-order valence-corrected chi connectivity index (χ2v) is 20.6. The Kier molecular flexibility index (Phi) is 55.2. The molecule has 1 atom stereocenters. The second kappa shape index (κ2) is 56.7. The van der Waals surface area contributed by atoms with E-state index >= 15 is 0 Å². The number of carbonyl (C=O) groups excluding carboxylic acids is 3. The number of ether oxygens (including phenoxy) is 3. The molecule has 0 N–H and O–H groups in total. The molecule has 0 radical (unpaired) electrons. The van der Waals surface area contributed by atoms with E-state index in [-0.39, 0.29) is 31.1 Å². The summed E-state index contributed by atoms with van der Waals surface area (Å²) in [5.74, 6) is -0.852. The van der Waals surface area contributed by atoms with Crippen LogP contribution in [0.15, 0.2) is 12.2 Å². The number of carbonyl (C=O) groups is 3. The number of esters is 3. The van der Waals surface area contributed by atoms with Crippen LogP contribution in [-0.2, 0) is 28.6 Å². The minimum atomic E-state index is -0.767. The molecule has 0 fully saturated rings. The SMILES string of the molecule is CCCCC/C=C\CCCCCCCC(=O)OCC(COC(=O)CCCCCCCCCCCCCCCCCCCCCCCCCC)OC(=O)CCCCCCCCCCCCCCC. The number of rotatable bonds is 56. The summed E-state index contributed by atoms with van der Waals surface area (Å²) in [5.41, 5.74) is 0. The number of unbranched alkanes of at least 4 members (excludes halogenated alkanes) is 43. The summed E-state index contributed by atoms with van der Waals surface area (Å²) in [7, 11) is 0. The monoisotopic (exact) mass is 945 g/mol. The molecule has 0 saturated heterocycles. The van der Waals surface area contributed by atoms with Crippen LogP contribution in [-0.4, -0.2) is 37.2 Å². The Labute approximate surface area is 418 Å². The molecule has 0 heterocycles. The first kappa shape index (κ1) is 65.1. The molecule has 6 heteroatoms. The third kappa shape index (κ3) is 55.0. The molecule has 0 aromatic carbocycles. The largest absolute Gasteiger partial charge is 0.462 e. The van der Waals surface area contributed by atoms with Gasteiger partial charge in [-0.2, -0.15) is 0 Å². The summed E-state index contributed by atoms with van der Waals surface area (Å²) in [6.07, 6.45) is 65.1. The maximum absolute atomic E-state index is 12.8. The predicted molar refractivity (Wildman–Crippen MR) is 289 cm³/mol. The normalized spacial score (nSPS) is 12.0. The zero-order valence-corrected chi connectivity index (χ0v) is 45.5. The molecule has 0 bridgehead atoms. The fraction of sp³-hybridized carbons (Fsp3) is 0.918. The van der Waals surface area contributed by atoms with Crippen molar-refractivity contribution in [3.05, 3.63) is 12.2 Å². The van der Waals surface area contributed by atoms with Crippen molar-refractivity contribution < 1.29 is 28.6 Å². The third-order valence-electron chi connectivity index (χ3n) is 13.8. The van der Waals surface area contributed by atoms with Crippen molar-refractivity contribution in [3.63, 3.8) is 0 Å². The van der Waals surface area contributed by atoms with Crippen LogP contribution in [0.1, 0.15) is 342 Å². The van der Waals surface area contributed by atoms with Gasteiger partial charge in [-0.25, -0.2) is 0 Å². The van der Waals surface area contributed by atoms with E-state index in [0.29, 0.717) is 19.3 Å². The Morgan fingerprint density at radius 3 is 0.776 bits per heavy atom. The van der Waals surface area contributed by atoms with Gasteiger partial charge in [-0.1, -0.05) is 290 Å². The van der Waals surface area contributed by atoms with Crippen LogP contribution >= 0.6 is 0 Å². The Hall–Kier alpha value is -1.85. The van der Waals surface area contributed by atoms with Gasteiger partial charge >= 0.3 is 17.9 Å². The van der Waals surface area contributed by atoms with E-state index in [1.807, 2.05) is 0 Å². The summed E-state index contributed by atoms with van der Waals surface area (Å²) < 4.78 is 16.9. The van der Waals surface area contributed by atoms with Gasteiger partial charge in [0.1, 0.15) is 13.2 Å². The van der Waals surface area contributed by atoms with Gasteiger partial charge in [-0.3, -0.25) is 14.4 Å². The van der Waals surface area contributed by atoms with Crippen molar-refractivity contribution in [2.45, 2.75) is 348 Å². The van der Waals surface area contributed by atoms with Gasteiger partial charge in [0.2, 0.25) is 0 Å². The molecule has 396 valence electrons. The van der Waals surface area contributed by atoms with Gasteiger partial charge in [-0.15, -0.1) is 0 Å². The zero-order chi connectivity index (χ0) is 48.6. The standard InChI is InChI=1S/C61H116O6/c1-4-7-10-13-16-19-22-25-26-27-28-29-30-31-32-33-34-35-37-39-42-45-48-51-54-60(63)66-57-58(56-65-59(62)53-50-47-44-41-38-24-21-18-15-12-9-6-3)67-61(64)55-52-49-46-43-40-36-23-20-17-14-11-8-5-2/h18,21,58H,4-17,19-20,22-57H2,1-3H3/b21-18-. The van der Waals surface area contributed by atoms with Gasteiger partial charge in [0.05, 0.1) is 0 Å². The molecule has 0 spiro atoms. The van der Waals surface area contributed by atoms with Crippen molar-refractivity contribution >= 4 is 17.9 Å². The molecule has 0 aliphatic heterocycles. The minimum Gasteiger partial charge on any atom is -0.462 e. The lowest BCUT2D eigenvalue weighted by molar-refractivity contribution is -0.167. The van der Waals surface area contributed by atoms with E-state index < -0.39 is 6.10 Å². The fourth-order valence-corrected chi connectivity index (χ4v) is 9.21. The third-order valence-corrected chi connectivity index (χ3v) is 13.8. The van der Waals surface area contributed by atoms with Crippen LogP contribution < -0.4 is 0 Å². The molecule has 6 nitrogen and oxygen atoms in total. The number of allylic oxidation sites excluding steroid dienone is 2. The summed E-state index contributed by atoms with van der Waals surface area (Å²) in [6.45, 7) is 6.67. The van der Waals surface area contributed by atoms with E-state index in [1.165, 1.54) is 238 Å². The Balaban J connectivity index is 4.17. The molecule has 0 aliphatic carbocycles. The van der Waals surface area contributed by atoms with E-state index in [2.05, 4.69) is 32.9 Å². The molecule has 0 aromatic heterocycles. The minimum absolute atomic E-state index is 0.0666. The maximum Gasteiger partial charge on any atom is 0.306 e. The molecular formula is C61H116O6. The van der Waals surface area contributed by atoms with E-state index in [0.717, 1.165) is 64.2 Å². The summed E-state index contributed by atoms with van der Waals surface area (Å²) in [6, 6.07) is 0. The molecule has 67 heavy (non-hydrogen) atoms. The fourth-order valence-electron chi connectivity index (χ4n) is 9.21. The highest BCUT2D eigenvalue weighted by atomic mass is 16.6. The van der Waals surface area contributed by atoms with Gasteiger partial charge in [0, 0.05) is 19.3 Å². The van der Waals surface area contributed by atoms with Crippen molar-refractivity contribution in [1.82, 2.24) is 0 Å². The highest BCUT2D eigenvalue weighted by Crippen LogP contribution is 2.18. The van der Waals surface area contributed by atoms with Crippen molar-refractivity contribution in [3.8, 4) is 0 Å². The average Bonchev–Trinajstić information content (AvgIpc) is 3.33. The van der Waals surface area contributed by atoms with Crippen LogP contribution in [0, 0.1) is 0 Å². The lowest BCUT2D eigenvalue weighted by Crippen LogP contribution is -2.30. The molecule has 0 amide bonds. The van der Waals surface area contributed by atoms with E-state index in [9.17, 15) is 14.4 Å². The molecule has 0 rings (SSSR count). The lowest BCUT2D eigenvalue weighted by Gasteiger charge is -2.18. The average molecular weight is 946 g/mol. The lowest BCUT2D eigenvalue weighted by atomic mass is 10.0. The Morgan fingerprint density at radius 1 is 0.284 bits per heavy atom.